The van der Waals surface area contributed by atoms with Gasteiger partial charge in [-0.1, -0.05) is 23.4 Å². The molecule has 0 bridgehead atoms. The molecule has 136 valence electrons. The smallest absolute Gasteiger partial charge is 0.238 e. The average Bonchev–Trinajstić information content (AvgIpc) is 2.95. The molecule has 3 rings (SSSR count). The van der Waals surface area contributed by atoms with Gasteiger partial charge in [0.05, 0.1) is 21.2 Å². The summed E-state index contributed by atoms with van der Waals surface area (Å²) in [5, 5.41) is 8.55. The van der Waals surface area contributed by atoms with Crippen LogP contribution in [0.5, 0.6) is 0 Å². The van der Waals surface area contributed by atoms with Crippen LogP contribution in [0.3, 0.4) is 0 Å². The first-order chi connectivity index (χ1) is 12.2. The number of nitrogens with one attached hydrogen (secondary N) is 2. The van der Waals surface area contributed by atoms with Gasteiger partial charge in [0.2, 0.25) is 15.9 Å². The number of hydrogen-bond acceptors (Lipinski definition) is 5. The Kier molecular flexibility index (Phi) is 5.24. The van der Waals surface area contributed by atoms with Gasteiger partial charge in [-0.25, -0.2) is 18.5 Å². The molecule has 0 fully saturated rings. The number of imidazole rings is 1. The first-order valence-electron chi connectivity index (χ1n) is 7.48. The summed E-state index contributed by atoms with van der Waals surface area (Å²) in [6, 6.07) is 11.0. The minimum atomic E-state index is -3.76. The van der Waals surface area contributed by atoms with Crippen molar-refractivity contribution in [2.24, 2.45) is 5.14 Å². The van der Waals surface area contributed by atoms with E-state index in [1.165, 1.54) is 36.0 Å². The van der Waals surface area contributed by atoms with Crippen molar-refractivity contribution in [1.82, 2.24) is 9.97 Å². The van der Waals surface area contributed by atoms with E-state index in [0.717, 1.165) is 11.0 Å². The van der Waals surface area contributed by atoms with E-state index >= 15 is 0 Å². The second kappa shape index (κ2) is 7.28. The van der Waals surface area contributed by atoms with Gasteiger partial charge in [0, 0.05) is 10.7 Å². The fourth-order valence-corrected chi connectivity index (χ4v) is 3.72. The highest BCUT2D eigenvalue weighted by Gasteiger charge is 2.17. The zero-order chi connectivity index (χ0) is 18.9. The molecule has 0 aliphatic heterocycles. The topological polar surface area (TPSA) is 118 Å². The number of halogens is 1. The number of rotatable bonds is 5. The van der Waals surface area contributed by atoms with Crippen molar-refractivity contribution in [2.75, 3.05) is 5.32 Å². The molecule has 4 N–H and O–H groups in total. The highest BCUT2D eigenvalue weighted by atomic mass is 35.5. The number of amides is 1. The van der Waals surface area contributed by atoms with Crippen molar-refractivity contribution in [3.8, 4) is 0 Å². The third-order valence-corrected chi connectivity index (χ3v) is 5.68. The number of nitrogens with zero attached hydrogens (tertiary/aromatic N) is 1. The number of fused-ring (bicyclic) bond motifs is 1. The van der Waals surface area contributed by atoms with Gasteiger partial charge in [0.1, 0.15) is 0 Å². The number of carbonyl (C=O) groups is 1. The van der Waals surface area contributed by atoms with E-state index in [0.29, 0.717) is 15.9 Å². The molecule has 2 aromatic carbocycles. The predicted octanol–water partition coefficient (Wildman–Crippen LogP) is 2.98. The fourth-order valence-electron chi connectivity index (χ4n) is 2.21. The number of hydrogen-bond donors (Lipinski definition) is 3. The number of nitrogens with two attached hydrogens (primary N) is 1. The normalized spacial score (nSPS) is 12.9. The highest BCUT2D eigenvalue weighted by Crippen LogP contribution is 2.26. The summed E-state index contributed by atoms with van der Waals surface area (Å²) in [5.74, 6) is -0.239. The number of primary sulfonamides is 1. The maximum absolute atomic E-state index is 12.3. The van der Waals surface area contributed by atoms with Crippen LogP contribution in [-0.4, -0.2) is 29.5 Å². The van der Waals surface area contributed by atoms with Crippen molar-refractivity contribution >= 4 is 56.0 Å². The van der Waals surface area contributed by atoms with Crippen LogP contribution in [0.1, 0.15) is 6.92 Å². The molecule has 1 aromatic heterocycles. The van der Waals surface area contributed by atoms with E-state index < -0.39 is 15.3 Å². The van der Waals surface area contributed by atoms with Gasteiger partial charge in [0.15, 0.2) is 5.16 Å². The number of carbonyl (C=O) groups excluding carboxylic acids is 1. The molecule has 10 heteroatoms. The van der Waals surface area contributed by atoms with Crippen LogP contribution in [-0.2, 0) is 14.8 Å². The van der Waals surface area contributed by atoms with E-state index in [1.54, 1.807) is 25.1 Å². The van der Waals surface area contributed by atoms with Crippen LogP contribution in [0.2, 0.25) is 5.02 Å². The average molecular weight is 411 g/mol. The quantitative estimate of drug-likeness (QED) is 0.559. The van der Waals surface area contributed by atoms with Gasteiger partial charge in [-0.3, -0.25) is 4.79 Å². The zero-order valence-electron chi connectivity index (χ0n) is 13.6. The Bertz CT molecular complexity index is 1060. The number of thioether (sulfide) groups is 1. The summed E-state index contributed by atoms with van der Waals surface area (Å²) < 4.78 is 22.5. The lowest BCUT2D eigenvalue weighted by atomic mass is 10.3. The Morgan fingerprint density at radius 1 is 1.27 bits per heavy atom. The molecule has 0 radical (unpaired) electrons. The van der Waals surface area contributed by atoms with E-state index in [9.17, 15) is 13.2 Å². The van der Waals surface area contributed by atoms with Crippen molar-refractivity contribution in [3.63, 3.8) is 0 Å². The fraction of sp³-hybridized carbons (Fsp3) is 0.125. The molecule has 0 aliphatic rings. The van der Waals surface area contributed by atoms with E-state index in [4.69, 9.17) is 16.7 Å². The Morgan fingerprint density at radius 2 is 1.96 bits per heavy atom. The molecule has 1 atom stereocenters. The minimum Gasteiger partial charge on any atom is -0.333 e. The highest BCUT2D eigenvalue weighted by molar-refractivity contribution is 8.00. The molecule has 26 heavy (non-hydrogen) atoms. The second-order valence-corrected chi connectivity index (χ2v) is 8.85. The van der Waals surface area contributed by atoms with Gasteiger partial charge in [-0.2, -0.15) is 0 Å². The summed E-state index contributed by atoms with van der Waals surface area (Å²) in [6.07, 6.45) is 0. The number of aromatic amines is 1. The standard InChI is InChI=1S/C16H15ClN4O3S2/c1-9(25-16-20-13-7-2-10(17)8-14(13)21-16)15(22)19-11-3-5-12(6-4-11)26(18,23)24/h2-9H,1H3,(H,19,22)(H,20,21)(H2,18,23,24)/t9-/m0/s1. The molecule has 0 unspecified atom stereocenters. The number of sulfonamides is 1. The Hall–Kier alpha value is -2.07. The predicted molar refractivity (Wildman–Crippen MR) is 103 cm³/mol. The molecular weight excluding hydrogens is 396 g/mol. The Morgan fingerprint density at radius 3 is 2.62 bits per heavy atom. The van der Waals surface area contributed by atoms with Crippen LogP contribution in [0.25, 0.3) is 11.0 Å². The molecule has 1 amide bonds. The molecule has 0 saturated carbocycles. The van der Waals surface area contributed by atoms with Gasteiger partial charge >= 0.3 is 0 Å². The van der Waals surface area contributed by atoms with Crippen molar-refractivity contribution in [1.29, 1.82) is 0 Å². The molecule has 0 aliphatic carbocycles. The summed E-state index contributed by atoms with van der Waals surface area (Å²) in [4.78, 5) is 19.8. The van der Waals surface area contributed by atoms with Crippen LogP contribution < -0.4 is 10.5 Å². The lowest BCUT2D eigenvalue weighted by Gasteiger charge is -2.10. The minimum absolute atomic E-state index is 0.0149. The van der Waals surface area contributed by atoms with Crippen molar-refractivity contribution in [2.45, 2.75) is 22.2 Å². The van der Waals surface area contributed by atoms with E-state index in [2.05, 4.69) is 15.3 Å². The Labute approximate surface area is 159 Å². The van der Waals surface area contributed by atoms with Gasteiger partial charge in [-0.05, 0) is 49.4 Å². The van der Waals surface area contributed by atoms with E-state index in [-0.39, 0.29) is 10.8 Å². The number of aromatic nitrogens is 2. The Balaban J connectivity index is 1.67. The lowest BCUT2D eigenvalue weighted by molar-refractivity contribution is -0.115. The maximum atomic E-state index is 12.3. The summed E-state index contributed by atoms with van der Waals surface area (Å²) in [7, 11) is -3.76. The van der Waals surface area contributed by atoms with Gasteiger partial charge in [0.25, 0.3) is 0 Å². The summed E-state index contributed by atoms with van der Waals surface area (Å²) >= 11 is 7.22. The van der Waals surface area contributed by atoms with Gasteiger partial charge < -0.3 is 10.3 Å². The molecule has 3 aromatic rings. The van der Waals surface area contributed by atoms with Gasteiger partial charge in [-0.15, -0.1) is 0 Å². The maximum Gasteiger partial charge on any atom is 0.238 e. The SMILES string of the molecule is C[C@H](Sc1nc2ccc(Cl)cc2[nH]1)C(=O)Nc1ccc(S(N)(=O)=O)cc1. The molecule has 7 nitrogen and oxygen atoms in total. The summed E-state index contributed by atoms with van der Waals surface area (Å²) in [6.45, 7) is 1.75. The second-order valence-electron chi connectivity index (χ2n) is 5.52. The molecule has 0 saturated heterocycles. The number of benzene rings is 2. The van der Waals surface area contributed by atoms with Crippen LogP contribution in [0, 0.1) is 0 Å². The monoisotopic (exact) mass is 410 g/mol. The summed E-state index contributed by atoms with van der Waals surface area (Å²) in [5.41, 5.74) is 2.04. The molecule has 0 spiro atoms. The number of H-pyrrole nitrogens is 1. The third-order valence-electron chi connectivity index (χ3n) is 3.53. The zero-order valence-corrected chi connectivity index (χ0v) is 16.0. The first-order valence-corrected chi connectivity index (χ1v) is 10.3. The molecule has 1 heterocycles. The van der Waals surface area contributed by atoms with Crippen LogP contribution in [0.4, 0.5) is 5.69 Å². The van der Waals surface area contributed by atoms with Crippen molar-refractivity contribution in [3.05, 3.63) is 47.5 Å². The van der Waals surface area contributed by atoms with Crippen molar-refractivity contribution < 1.29 is 13.2 Å². The van der Waals surface area contributed by atoms with Crippen LogP contribution >= 0.6 is 23.4 Å². The van der Waals surface area contributed by atoms with E-state index in [1.807, 2.05) is 0 Å². The number of anilines is 1. The third kappa shape index (κ3) is 4.36. The lowest BCUT2D eigenvalue weighted by Crippen LogP contribution is -2.22. The largest absolute Gasteiger partial charge is 0.333 e. The van der Waals surface area contributed by atoms with Crippen LogP contribution in [0.15, 0.2) is 52.5 Å². The molecular formula is C16H15ClN4O3S2. The first kappa shape index (κ1) is 18.7.